The number of hydrogen-bond acceptors (Lipinski definition) is 3. The van der Waals surface area contributed by atoms with Crippen LogP contribution in [0.3, 0.4) is 0 Å². The summed E-state index contributed by atoms with van der Waals surface area (Å²) in [6, 6.07) is 6.21. The van der Waals surface area contributed by atoms with E-state index >= 15 is 0 Å². The number of carbonyl (C=O) groups excluding carboxylic acids is 3. The summed E-state index contributed by atoms with van der Waals surface area (Å²) in [6.07, 6.45) is 2.05. The van der Waals surface area contributed by atoms with Crippen LogP contribution in [-0.2, 0) is 15.1 Å². The van der Waals surface area contributed by atoms with E-state index in [0.717, 1.165) is 17.7 Å². The number of hydrogen-bond donors (Lipinski definition) is 1. The maximum atomic E-state index is 12.8. The Balaban J connectivity index is 1.75. The zero-order valence-corrected chi connectivity index (χ0v) is 15.2. The van der Waals surface area contributed by atoms with Gasteiger partial charge in [0.05, 0.1) is 0 Å². The van der Waals surface area contributed by atoms with Crippen LogP contribution in [0, 0.1) is 5.92 Å². The largest absolute Gasteiger partial charge is 0.341 e. The summed E-state index contributed by atoms with van der Waals surface area (Å²) < 4.78 is 0. The summed E-state index contributed by atoms with van der Waals surface area (Å²) in [4.78, 5) is 40.4. The number of nitrogens with one attached hydrogen (secondary N) is 1. The minimum Gasteiger partial charge on any atom is -0.341 e. The van der Waals surface area contributed by atoms with Crippen LogP contribution in [0.2, 0.25) is 5.02 Å². The molecule has 7 heteroatoms. The SMILES string of the molecule is C[C@H]1CCCN(C(=O)CN2C(=O)N[C@@](C)(c3ccc(Cl)cc3)C2=O)C1. The molecule has 0 bridgehead atoms. The molecule has 1 aromatic rings. The number of nitrogens with zero attached hydrogens (tertiary/aromatic N) is 2. The number of piperidine rings is 1. The number of amides is 4. The molecule has 2 aliphatic heterocycles. The van der Waals surface area contributed by atoms with Crippen molar-refractivity contribution < 1.29 is 14.4 Å². The van der Waals surface area contributed by atoms with Crippen LogP contribution in [-0.4, -0.2) is 47.3 Å². The van der Waals surface area contributed by atoms with Gasteiger partial charge in [0.15, 0.2) is 0 Å². The van der Waals surface area contributed by atoms with Gasteiger partial charge in [0.1, 0.15) is 12.1 Å². The van der Waals surface area contributed by atoms with Gasteiger partial charge in [-0.05, 0) is 43.4 Å². The molecular weight excluding hydrogens is 342 g/mol. The molecule has 2 aliphatic rings. The summed E-state index contributed by atoms with van der Waals surface area (Å²) in [6.45, 7) is 4.88. The molecule has 4 amide bonds. The topological polar surface area (TPSA) is 69.7 Å². The number of benzene rings is 1. The van der Waals surface area contributed by atoms with Crippen molar-refractivity contribution in [3.8, 4) is 0 Å². The molecule has 2 heterocycles. The highest BCUT2D eigenvalue weighted by Gasteiger charge is 2.49. The first-order chi connectivity index (χ1) is 11.8. The Hall–Kier alpha value is -2.08. The summed E-state index contributed by atoms with van der Waals surface area (Å²) in [7, 11) is 0. The molecule has 0 aromatic heterocycles. The summed E-state index contributed by atoms with van der Waals surface area (Å²) in [5, 5.41) is 3.26. The molecule has 6 nitrogen and oxygen atoms in total. The second-order valence-corrected chi connectivity index (χ2v) is 7.48. The first-order valence-corrected chi connectivity index (χ1v) is 8.87. The van der Waals surface area contributed by atoms with Crippen LogP contribution in [0.4, 0.5) is 4.79 Å². The second-order valence-electron chi connectivity index (χ2n) is 7.04. The lowest BCUT2D eigenvalue weighted by atomic mass is 9.92. The lowest BCUT2D eigenvalue weighted by molar-refractivity contribution is -0.139. The van der Waals surface area contributed by atoms with E-state index in [0.29, 0.717) is 29.6 Å². The fraction of sp³-hybridized carbons (Fsp3) is 0.500. The van der Waals surface area contributed by atoms with Crippen molar-refractivity contribution in [2.75, 3.05) is 19.6 Å². The Kier molecular flexibility index (Phi) is 4.73. The van der Waals surface area contributed by atoms with Gasteiger partial charge in [0, 0.05) is 18.1 Å². The van der Waals surface area contributed by atoms with E-state index in [9.17, 15) is 14.4 Å². The Morgan fingerprint density at radius 1 is 1.32 bits per heavy atom. The number of urea groups is 1. The molecule has 1 N–H and O–H groups in total. The molecule has 2 fully saturated rings. The standard InChI is InChI=1S/C18H22ClN3O3/c1-12-4-3-9-21(10-12)15(23)11-22-16(24)18(2,20-17(22)25)13-5-7-14(19)8-6-13/h5-8,12H,3-4,9-11H2,1-2H3,(H,20,25)/t12-,18-/m0/s1. The zero-order chi connectivity index (χ0) is 18.2. The number of imide groups is 1. The molecule has 2 saturated heterocycles. The number of halogens is 1. The number of rotatable bonds is 3. The third kappa shape index (κ3) is 3.35. The van der Waals surface area contributed by atoms with Crippen LogP contribution >= 0.6 is 11.6 Å². The van der Waals surface area contributed by atoms with E-state index in [1.807, 2.05) is 0 Å². The summed E-state index contributed by atoms with van der Waals surface area (Å²) in [5.74, 6) is -0.159. The lowest BCUT2D eigenvalue weighted by Gasteiger charge is -2.31. The van der Waals surface area contributed by atoms with Crippen LogP contribution in [0.15, 0.2) is 24.3 Å². The molecule has 0 aliphatic carbocycles. The van der Waals surface area contributed by atoms with Gasteiger partial charge in [-0.2, -0.15) is 0 Å². The van der Waals surface area contributed by atoms with E-state index in [2.05, 4.69) is 12.2 Å². The quantitative estimate of drug-likeness (QED) is 0.838. The fourth-order valence-corrected chi connectivity index (χ4v) is 3.60. The minimum absolute atomic E-state index is 0.185. The predicted molar refractivity (Wildman–Crippen MR) is 94.0 cm³/mol. The molecule has 1 aromatic carbocycles. The molecular formula is C18H22ClN3O3. The Morgan fingerprint density at radius 2 is 2.00 bits per heavy atom. The normalized spacial score (nSPS) is 26.8. The van der Waals surface area contributed by atoms with Crippen LogP contribution < -0.4 is 5.32 Å². The Morgan fingerprint density at radius 3 is 2.64 bits per heavy atom. The van der Waals surface area contributed by atoms with Gasteiger partial charge in [-0.1, -0.05) is 30.7 Å². The third-order valence-electron chi connectivity index (χ3n) is 5.00. The van der Waals surface area contributed by atoms with Gasteiger partial charge in [-0.15, -0.1) is 0 Å². The van der Waals surface area contributed by atoms with Crippen LogP contribution in [0.1, 0.15) is 32.3 Å². The van der Waals surface area contributed by atoms with Crippen molar-refractivity contribution in [2.24, 2.45) is 5.92 Å². The molecule has 25 heavy (non-hydrogen) atoms. The highest BCUT2D eigenvalue weighted by Crippen LogP contribution is 2.29. The Labute approximate surface area is 152 Å². The van der Waals surface area contributed by atoms with Gasteiger partial charge < -0.3 is 10.2 Å². The minimum atomic E-state index is -1.18. The van der Waals surface area contributed by atoms with E-state index in [1.165, 1.54) is 0 Å². The van der Waals surface area contributed by atoms with Gasteiger partial charge >= 0.3 is 6.03 Å². The average molecular weight is 364 g/mol. The lowest BCUT2D eigenvalue weighted by Crippen LogP contribution is -2.47. The monoisotopic (exact) mass is 363 g/mol. The van der Waals surface area contributed by atoms with Crippen molar-refractivity contribution in [1.29, 1.82) is 0 Å². The van der Waals surface area contributed by atoms with Gasteiger partial charge in [0.2, 0.25) is 5.91 Å². The van der Waals surface area contributed by atoms with Gasteiger partial charge in [0.25, 0.3) is 5.91 Å². The first-order valence-electron chi connectivity index (χ1n) is 8.49. The predicted octanol–water partition coefficient (Wildman–Crippen LogP) is 2.37. The number of likely N-dealkylation sites (tertiary alicyclic amines) is 1. The maximum Gasteiger partial charge on any atom is 0.325 e. The molecule has 0 saturated carbocycles. The van der Waals surface area contributed by atoms with Crippen LogP contribution in [0.25, 0.3) is 0 Å². The van der Waals surface area contributed by atoms with Crippen molar-refractivity contribution in [3.05, 3.63) is 34.9 Å². The van der Waals surface area contributed by atoms with Crippen molar-refractivity contribution >= 4 is 29.4 Å². The molecule has 0 unspecified atom stereocenters. The van der Waals surface area contributed by atoms with Crippen molar-refractivity contribution in [1.82, 2.24) is 15.1 Å². The van der Waals surface area contributed by atoms with E-state index in [1.54, 1.807) is 36.1 Å². The fourth-order valence-electron chi connectivity index (χ4n) is 3.47. The maximum absolute atomic E-state index is 12.8. The van der Waals surface area contributed by atoms with E-state index in [-0.39, 0.29) is 12.5 Å². The molecule has 3 rings (SSSR count). The summed E-state index contributed by atoms with van der Waals surface area (Å²) in [5.41, 5.74) is -0.547. The molecule has 134 valence electrons. The van der Waals surface area contributed by atoms with Gasteiger partial charge in [-0.3, -0.25) is 14.5 Å². The molecule has 0 spiro atoms. The zero-order valence-electron chi connectivity index (χ0n) is 14.4. The van der Waals surface area contributed by atoms with Crippen molar-refractivity contribution in [2.45, 2.75) is 32.2 Å². The van der Waals surface area contributed by atoms with Crippen molar-refractivity contribution in [3.63, 3.8) is 0 Å². The highest BCUT2D eigenvalue weighted by molar-refractivity contribution is 6.30. The molecule has 2 atom stereocenters. The molecule has 0 radical (unpaired) electrons. The highest BCUT2D eigenvalue weighted by atomic mass is 35.5. The van der Waals surface area contributed by atoms with E-state index < -0.39 is 17.5 Å². The average Bonchev–Trinajstić information content (AvgIpc) is 2.79. The summed E-state index contributed by atoms with van der Waals surface area (Å²) >= 11 is 5.89. The van der Waals surface area contributed by atoms with Crippen LogP contribution in [0.5, 0.6) is 0 Å². The third-order valence-corrected chi connectivity index (χ3v) is 5.25. The van der Waals surface area contributed by atoms with Gasteiger partial charge in [-0.25, -0.2) is 4.79 Å². The van der Waals surface area contributed by atoms with E-state index in [4.69, 9.17) is 11.6 Å². The number of carbonyl (C=O) groups is 3. The second kappa shape index (κ2) is 6.67. The Bertz CT molecular complexity index is 706. The first kappa shape index (κ1) is 17.7. The smallest absolute Gasteiger partial charge is 0.325 e.